The van der Waals surface area contributed by atoms with Crippen molar-refractivity contribution in [3.8, 4) is 11.1 Å². The number of benzene rings is 2. The third-order valence-corrected chi connectivity index (χ3v) is 6.82. The van der Waals surface area contributed by atoms with E-state index >= 15 is 0 Å². The highest BCUT2D eigenvalue weighted by Crippen LogP contribution is 2.43. The minimum Gasteiger partial charge on any atom is -0.389 e. The molecule has 168 valence electrons. The smallest absolute Gasteiger partial charge is 0.163 e. The van der Waals surface area contributed by atoms with Crippen LogP contribution in [-0.4, -0.2) is 22.1 Å². The Hall–Kier alpha value is -3.34. The van der Waals surface area contributed by atoms with E-state index in [2.05, 4.69) is 47.4 Å². The van der Waals surface area contributed by atoms with Gasteiger partial charge in [0.05, 0.1) is 11.4 Å². The fourth-order valence-electron chi connectivity index (χ4n) is 4.64. The number of oxime groups is 1. The molecule has 5 heteroatoms. The van der Waals surface area contributed by atoms with Gasteiger partial charge in [0.2, 0.25) is 0 Å². The Balaban J connectivity index is 1.48. The molecule has 1 aliphatic heterocycles. The molecule has 0 N–H and O–H groups in total. The Kier molecular flexibility index (Phi) is 5.57. The molecule has 1 saturated carbocycles. The third kappa shape index (κ3) is 4.32. The van der Waals surface area contributed by atoms with Gasteiger partial charge >= 0.3 is 0 Å². The number of hydrogen-bond acceptors (Lipinski definition) is 4. The van der Waals surface area contributed by atoms with Crippen LogP contribution >= 0.6 is 0 Å². The van der Waals surface area contributed by atoms with Crippen molar-refractivity contribution in [2.45, 2.75) is 57.5 Å². The summed E-state index contributed by atoms with van der Waals surface area (Å²) in [7, 11) is 0. The van der Waals surface area contributed by atoms with Crippen molar-refractivity contribution >= 4 is 11.5 Å². The second-order valence-electron chi connectivity index (χ2n) is 9.41. The molecule has 3 aromatic rings. The Labute approximate surface area is 193 Å². The SMILES string of the molecule is Cc1ccc(-c2cc(C(=O)C[C@H](C)c3ncccc3F)cc(C3=NOC4(CCC4)C3)c2)cc1. The molecule has 0 amide bonds. The summed E-state index contributed by atoms with van der Waals surface area (Å²) in [5, 5.41) is 4.40. The van der Waals surface area contributed by atoms with Crippen molar-refractivity contribution in [2.75, 3.05) is 0 Å². The van der Waals surface area contributed by atoms with E-state index in [0.717, 1.165) is 48.1 Å². The molecule has 0 radical (unpaired) electrons. The molecule has 0 bridgehead atoms. The highest BCUT2D eigenvalue weighted by molar-refractivity contribution is 6.06. The molecule has 2 aromatic carbocycles. The lowest BCUT2D eigenvalue weighted by Crippen LogP contribution is -2.36. The number of hydrogen-bond donors (Lipinski definition) is 0. The summed E-state index contributed by atoms with van der Waals surface area (Å²) in [4.78, 5) is 23.3. The number of pyridine rings is 1. The van der Waals surface area contributed by atoms with Crippen LogP contribution in [0.25, 0.3) is 11.1 Å². The van der Waals surface area contributed by atoms with E-state index in [1.807, 2.05) is 19.1 Å². The summed E-state index contributed by atoms with van der Waals surface area (Å²) < 4.78 is 14.2. The van der Waals surface area contributed by atoms with Gasteiger partial charge in [0, 0.05) is 36.1 Å². The molecule has 2 heterocycles. The second-order valence-corrected chi connectivity index (χ2v) is 9.41. The normalized spacial score (nSPS) is 17.2. The van der Waals surface area contributed by atoms with Crippen LogP contribution < -0.4 is 0 Å². The van der Waals surface area contributed by atoms with Crippen LogP contribution in [0, 0.1) is 12.7 Å². The van der Waals surface area contributed by atoms with E-state index in [1.165, 1.54) is 11.6 Å². The molecule has 5 rings (SSSR count). The van der Waals surface area contributed by atoms with E-state index in [-0.39, 0.29) is 29.5 Å². The van der Waals surface area contributed by atoms with E-state index in [4.69, 9.17) is 4.84 Å². The number of nitrogens with zero attached hydrogens (tertiary/aromatic N) is 2. The predicted octanol–water partition coefficient (Wildman–Crippen LogP) is 6.62. The van der Waals surface area contributed by atoms with Crippen molar-refractivity contribution in [1.29, 1.82) is 0 Å². The Bertz CT molecular complexity index is 1230. The van der Waals surface area contributed by atoms with Crippen molar-refractivity contribution in [1.82, 2.24) is 4.98 Å². The Morgan fingerprint density at radius 2 is 1.85 bits per heavy atom. The van der Waals surface area contributed by atoms with Gasteiger partial charge in [-0.05, 0) is 67.6 Å². The molecule has 1 aromatic heterocycles. The summed E-state index contributed by atoms with van der Waals surface area (Å²) in [5.74, 6) is -0.744. The summed E-state index contributed by atoms with van der Waals surface area (Å²) in [5.41, 5.74) is 5.76. The van der Waals surface area contributed by atoms with Gasteiger partial charge in [-0.1, -0.05) is 41.9 Å². The zero-order chi connectivity index (χ0) is 23.0. The molecule has 4 nitrogen and oxygen atoms in total. The van der Waals surface area contributed by atoms with Gasteiger partial charge in [-0.15, -0.1) is 0 Å². The van der Waals surface area contributed by atoms with Crippen molar-refractivity contribution in [3.63, 3.8) is 0 Å². The second kappa shape index (κ2) is 8.54. The van der Waals surface area contributed by atoms with Crippen LogP contribution in [-0.2, 0) is 4.84 Å². The van der Waals surface area contributed by atoms with E-state index in [1.54, 1.807) is 12.3 Å². The molecule has 1 atom stereocenters. The lowest BCUT2D eigenvalue weighted by Gasteiger charge is -2.34. The highest BCUT2D eigenvalue weighted by atomic mass is 19.1. The van der Waals surface area contributed by atoms with Gasteiger partial charge in [0.1, 0.15) is 11.4 Å². The molecule has 33 heavy (non-hydrogen) atoms. The van der Waals surface area contributed by atoms with Crippen molar-refractivity contribution < 1.29 is 14.0 Å². The Morgan fingerprint density at radius 3 is 2.52 bits per heavy atom. The zero-order valence-corrected chi connectivity index (χ0v) is 19.0. The monoisotopic (exact) mass is 442 g/mol. The van der Waals surface area contributed by atoms with Crippen LogP contribution in [0.3, 0.4) is 0 Å². The topological polar surface area (TPSA) is 51.5 Å². The van der Waals surface area contributed by atoms with Crippen molar-refractivity contribution in [3.05, 3.63) is 89.0 Å². The first-order valence-electron chi connectivity index (χ1n) is 11.5. The van der Waals surface area contributed by atoms with E-state index in [0.29, 0.717) is 11.3 Å². The van der Waals surface area contributed by atoms with Gasteiger partial charge in [-0.25, -0.2) is 4.39 Å². The molecule has 1 spiro atoms. The first-order chi connectivity index (χ1) is 15.9. The van der Waals surface area contributed by atoms with E-state index in [9.17, 15) is 9.18 Å². The van der Waals surface area contributed by atoms with Gasteiger partial charge in [0.25, 0.3) is 0 Å². The molecule has 2 aliphatic rings. The zero-order valence-electron chi connectivity index (χ0n) is 19.0. The van der Waals surface area contributed by atoms with Crippen LogP contribution in [0.4, 0.5) is 4.39 Å². The van der Waals surface area contributed by atoms with Gasteiger partial charge in [0.15, 0.2) is 5.78 Å². The summed E-state index contributed by atoms with van der Waals surface area (Å²) in [6.07, 6.45) is 5.72. The van der Waals surface area contributed by atoms with Crippen molar-refractivity contribution in [2.24, 2.45) is 5.16 Å². The van der Waals surface area contributed by atoms with Crippen LogP contribution in [0.2, 0.25) is 0 Å². The fraction of sp³-hybridized carbons (Fsp3) is 0.321. The average Bonchev–Trinajstić information content (AvgIpc) is 3.26. The largest absolute Gasteiger partial charge is 0.389 e. The molecular formula is C28H27FN2O2. The van der Waals surface area contributed by atoms with E-state index < -0.39 is 0 Å². The van der Waals surface area contributed by atoms with Gasteiger partial charge in [-0.2, -0.15) is 0 Å². The summed E-state index contributed by atoms with van der Waals surface area (Å²) in [6.45, 7) is 3.89. The number of Topliss-reactive ketones (excluding diaryl/α,β-unsaturated/α-hetero) is 1. The third-order valence-electron chi connectivity index (χ3n) is 6.82. The molecule has 1 aliphatic carbocycles. The Morgan fingerprint density at radius 1 is 1.09 bits per heavy atom. The lowest BCUT2D eigenvalue weighted by molar-refractivity contribution is -0.0755. The number of carbonyl (C=O) groups excluding carboxylic acids is 1. The molecular weight excluding hydrogens is 415 g/mol. The number of rotatable bonds is 6. The van der Waals surface area contributed by atoms with Crippen LogP contribution in [0.5, 0.6) is 0 Å². The maximum Gasteiger partial charge on any atom is 0.163 e. The lowest BCUT2D eigenvalue weighted by atomic mass is 9.76. The maximum atomic E-state index is 14.2. The number of ketones is 1. The number of aryl methyl sites for hydroxylation is 1. The first-order valence-corrected chi connectivity index (χ1v) is 11.5. The number of aromatic nitrogens is 1. The van der Waals surface area contributed by atoms with Crippen LogP contribution in [0.15, 0.2) is 65.9 Å². The number of halogens is 1. The average molecular weight is 443 g/mol. The minimum absolute atomic E-state index is 0.0411. The quantitative estimate of drug-likeness (QED) is 0.403. The minimum atomic E-state index is -0.379. The molecule has 0 unspecified atom stereocenters. The van der Waals surface area contributed by atoms with Gasteiger partial charge < -0.3 is 4.84 Å². The fourth-order valence-corrected chi connectivity index (χ4v) is 4.64. The first kappa shape index (κ1) is 21.5. The standard InChI is InChI=1S/C28H27FN2O2/c1-18-6-8-20(9-7-18)21-14-22(25-17-28(33-31-25)10-4-11-28)16-23(15-21)26(32)13-19(2)27-24(29)5-3-12-30-27/h3,5-9,12,14-16,19H,4,10-11,13,17H2,1-2H3/t19-/m0/s1. The predicted molar refractivity (Wildman–Crippen MR) is 127 cm³/mol. The van der Waals surface area contributed by atoms with Gasteiger partial charge in [-0.3, -0.25) is 9.78 Å². The molecule has 1 fully saturated rings. The number of carbonyl (C=O) groups is 1. The highest BCUT2D eigenvalue weighted by Gasteiger charge is 2.45. The molecule has 0 saturated heterocycles. The van der Waals surface area contributed by atoms with Crippen LogP contribution in [0.1, 0.15) is 72.1 Å². The summed E-state index contributed by atoms with van der Waals surface area (Å²) in [6, 6.07) is 17.1. The maximum absolute atomic E-state index is 14.2. The summed E-state index contributed by atoms with van der Waals surface area (Å²) >= 11 is 0.